The second-order valence-corrected chi connectivity index (χ2v) is 5.94. The van der Waals surface area contributed by atoms with Gasteiger partial charge in [-0.15, -0.1) is 0 Å². The first-order valence-corrected chi connectivity index (χ1v) is 7.50. The highest BCUT2D eigenvalue weighted by Gasteiger charge is 2.07. The number of hydrogen-bond donors (Lipinski definition) is 2. The summed E-state index contributed by atoms with van der Waals surface area (Å²) in [5.41, 5.74) is 1.000. The van der Waals surface area contributed by atoms with E-state index in [-0.39, 0.29) is 5.75 Å². The lowest BCUT2D eigenvalue weighted by molar-refractivity contribution is 0.354. The fourth-order valence-electron chi connectivity index (χ4n) is 1.53. The van der Waals surface area contributed by atoms with Crippen molar-refractivity contribution in [3.8, 4) is 11.5 Å². The molecule has 0 fully saturated rings. The van der Waals surface area contributed by atoms with Gasteiger partial charge in [-0.2, -0.15) is 0 Å². The van der Waals surface area contributed by atoms with Crippen LogP contribution in [-0.4, -0.2) is 42.0 Å². The minimum atomic E-state index is -3.15. The van der Waals surface area contributed by atoms with E-state index in [0.717, 1.165) is 5.56 Å². The first-order valence-electron chi connectivity index (χ1n) is 5.85. The lowest BCUT2D eigenvalue weighted by Crippen LogP contribution is -2.29. The summed E-state index contributed by atoms with van der Waals surface area (Å²) in [6, 6.07) is 5.58. The zero-order chi connectivity index (χ0) is 14.3. The largest absolute Gasteiger partial charge is 0.493 e. The Kier molecular flexibility index (Phi) is 6.07. The Morgan fingerprint density at radius 2 is 1.84 bits per heavy atom. The Hall–Kier alpha value is -1.31. The van der Waals surface area contributed by atoms with E-state index in [9.17, 15) is 8.42 Å². The molecule has 0 aliphatic carbocycles. The molecule has 0 saturated carbocycles. The molecular weight excluding hydrogens is 268 g/mol. The molecule has 0 aromatic heterocycles. The average Bonchev–Trinajstić information content (AvgIpc) is 2.43. The van der Waals surface area contributed by atoms with Crippen LogP contribution in [0.15, 0.2) is 18.2 Å². The highest BCUT2D eigenvalue weighted by Crippen LogP contribution is 2.27. The van der Waals surface area contributed by atoms with Crippen LogP contribution in [0, 0.1) is 0 Å². The maximum absolute atomic E-state index is 11.2. The third-order valence-electron chi connectivity index (χ3n) is 2.64. The van der Waals surface area contributed by atoms with Gasteiger partial charge in [0.1, 0.15) is 0 Å². The number of ether oxygens (including phenoxy) is 2. The van der Waals surface area contributed by atoms with Gasteiger partial charge in [0.05, 0.1) is 20.0 Å². The van der Waals surface area contributed by atoms with Crippen LogP contribution in [0.1, 0.15) is 5.56 Å². The van der Waals surface area contributed by atoms with Gasteiger partial charge in [0.15, 0.2) is 11.5 Å². The van der Waals surface area contributed by atoms with E-state index in [1.165, 1.54) is 7.05 Å². The predicted molar refractivity (Wildman–Crippen MR) is 74.1 cm³/mol. The molecule has 0 spiro atoms. The summed E-state index contributed by atoms with van der Waals surface area (Å²) < 4.78 is 35.0. The van der Waals surface area contributed by atoms with E-state index in [1.807, 2.05) is 18.2 Å². The molecule has 108 valence electrons. The molecule has 1 rings (SSSR count). The molecule has 0 bridgehead atoms. The highest BCUT2D eigenvalue weighted by molar-refractivity contribution is 7.89. The number of sulfonamides is 1. The predicted octanol–water partition coefficient (Wildman–Crippen LogP) is 0.343. The van der Waals surface area contributed by atoms with E-state index in [2.05, 4.69) is 10.0 Å². The van der Waals surface area contributed by atoms with Crippen molar-refractivity contribution in [2.45, 2.75) is 6.54 Å². The smallest absolute Gasteiger partial charge is 0.212 e. The Bertz CT molecular complexity index is 502. The van der Waals surface area contributed by atoms with Crippen molar-refractivity contribution in [3.05, 3.63) is 23.8 Å². The Labute approximate surface area is 114 Å². The maximum Gasteiger partial charge on any atom is 0.212 e. The summed E-state index contributed by atoms with van der Waals surface area (Å²) in [6.07, 6.45) is 0. The summed E-state index contributed by atoms with van der Waals surface area (Å²) in [5.74, 6) is 1.38. The minimum absolute atomic E-state index is 0.0524. The second kappa shape index (κ2) is 7.32. The van der Waals surface area contributed by atoms with Crippen molar-refractivity contribution in [3.63, 3.8) is 0 Å². The monoisotopic (exact) mass is 288 g/mol. The molecule has 0 saturated heterocycles. The molecule has 0 aliphatic rings. The molecule has 6 nitrogen and oxygen atoms in total. The van der Waals surface area contributed by atoms with Crippen LogP contribution in [0.2, 0.25) is 0 Å². The van der Waals surface area contributed by atoms with Crippen LogP contribution < -0.4 is 19.5 Å². The SMILES string of the molecule is CNS(=O)(=O)CCNCc1ccc(OC)c(OC)c1. The van der Waals surface area contributed by atoms with Crippen LogP contribution in [-0.2, 0) is 16.6 Å². The first kappa shape index (κ1) is 15.7. The van der Waals surface area contributed by atoms with Crippen molar-refractivity contribution >= 4 is 10.0 Å². The molecule has 0 unspecified atom stereocenters. The van der Waals surface area contributed by atoms with E-state index in [0.29, 0.717) is 24.6 Å². The number of hydrogen-bond acceptors (Lipinski definition) is 5. The maximum atomic E-state index is 11.2. The van der Waals surface area contributed by atoms with Crippen LogP contribution in [0.5, 0.6) is 11.5 Å². The average molecular weight is 288 g/mol. The van der Waals surface area contributed by atoms with Gasteiger partial charge in [0.2, 0.25) is 10.0 Å². The normalized spacial score (nSPS) is 11.3. The molecule has 19 heavy (non-hydrogen) atoms. The molecule has 0 radical (unpaired) electrons. The quantitative estimate of drug-likeness (QED) is 0.675. The van der Waals surface area contributed by atoms with Gasteiger partial charge in [0, 0.05) is 13.1 Å². The standard InChI is InChI=1S/C12H20N2O4S/c1-13-19(15,16)7-6-14-9-10-4-5-11(17-2)12(8-10)18-3/h4-5,8,13-14H,6-7,9H2,1-3H3. The lowest BCUT2D eigenvalue weighted by Gasteiger charge is -2.10. The fraction of sp³-hybridized carbons (Fsp3) is 0.500. The van der Waals surface area contributed by atoms with Gasteiger partial charge in [-0.1, -0.05) is 6.07 Å². The van der Waals surface area contributed by atoms with E-state index >= 15 is 0 Å². The second-order valence-electron chi connectivity index (χ2n) is 3.89. The molecule has 7 heteroatoms. The fourth-order valence-corrected chi connectivity index (χ4v) is 2.15. The summed E-state index contributed by atoms with van der Waals surface area (Å²) in [6.45, 7) is 0.955. The van der Waals surface area contributed by atoms with Crippen LogP contribution >= 0.6 is 0 Å². The van der Waals surface area contributed by atoms with Crippen LogP contribution in [0.25, 0.3) is 0 Å². The van der Waals surface area contributed by atoms with Gasteiger partial charge in [-0.3, -0.25) is 0 Å². The van der Waals surface area contributed by atoms with Crippen LogP contribution in [0.3, 0.4) is 0 Å². The Balaban J connectivity index is 2.50. The third-order valence-corrected chi connectivity index (χ3v) is 4.00. The van der Waals surface area contributed by atoms with Gasteiger partial charge in [-0.25, -0.2) is 13.1 Å². The summed E-state index contributed by atoms with van der Waals surface area (Å²) in [7, 11) is 1.41. The van der Waals surface area contributed by atoms with E-state index in [4.69, 9.17) is 9.47 Å². The zero-order valence-electron chi connectivity index (χ0n) is 11.4. The van der Waals surface area contributed by atoms with Crippen LogP contribution in [0.4, 0.5) is 0 Å². The molecule has 2 N–H and O–H groups in total. The third kappa shape index (κ3) is 5.06. The Morgan fingerprint density at radius 1 is 1.16 bits per heavy atom. The molecule has 1 aromatic rings. The Morgan fingerprint density at radius 3 is 2.42 bits per heavy atom. The summed E-state index contributed by atoms with van der Waals surface area (Å²) >= 11 is 0. The first-order chi connectivity index (χ1) is 9.02. The van der Waals surface area contributed by atoms with E-state index < -0.39 is 10.0 Å². The molecule has 1 aromatic carbocycles. The van der Waals surface area contributed by atoms with Gasteiger partial charge in [0.25, 0.3) is 0 Å². The molecule has 0 aliphatic heterocycles. The molecule has 0 amide bonds. The van der Waals surface area contributed by atoms with Gasteiger partial charge in [-0.05, 0) is 24.7 Å². The van der Waals surface area contributed by atoms with E-state index in [1.54, 1.807) is 14.2 Å². The molecule has 0 atom stereocenters. The number of rotatable bonds is 8. The minimum Gasteiger partial charge on any atom is -0.493 e. The van der Waals surface area contributed by atoms with Gasteiger partial charge < -0.3 is 14.8 Å². The van der Waals surface area contributed by atoms with Crippen molar-refractivity contribution < 1.29 is 17.9 Å². The van der Waals surface area contributed by atoms with Crippen molar-refractivity contribution in [2.24, 2.45) is 0 Å². The number of methoxy groups -OCH3 is 2. The zero-order valence-corrected chi connectivity index (χ0v) is 12.2. The molecule has 0 heterocycles. The highest BCUT2D eigenvalue weighted by atomic mass is 32.2. The number of nitrogens with one attached hydrogen (secondary N) is 2. The van der Waals surface area contributed by atoms with Gasteiger partial charge >= 0.3 is 0 Å². The molecular formula is C12H20N2O4S. The number of benzene rings is 1. The van der Waals surface area contributed by atoms with Crippen molar-refractivity contribution in [1.29, 1.82) is 0 Å². The summed E-state index contributed by atoms with van der Waals surface area (Å²) in [4.78, 5) is 0. The lowest BCUT2D eigenvalue weighted by atomic mass is 10.2. The van der Waals surface area contributed by atoms with Crippen molar-refractivity contribution in [1.82, 2.24) is 10.0 Å². The van der Waals surface area contributed by atoms with Crippen molar-refractivity contribution in [2.75, 3.05) is 33.6 Å². The summed E-state index contributed by atoms with van der Waals surface area (Å²) in [5, 5.41) is 3.07. The topological polar surface area (TPSA) is 76.7 Å².